The molecule has 2 fully saturated rings. The lowest BCUT2D eigenvalue weighted by Gasteiger charge is -2.34. The average Bonchev–Trinajstić information content (AvgIpc) is 2.54. The van der Waals surface area contributed by atoms with Crippen molar-refractivity contribution in [1.82, 2.24) is 10.2 Å². The molecule has 0 aromatic heterocycles. The number of ether oxygens (including phenoxy) is 1. The molecule has 0 unspecified atom stereocenters. The lowest BCUT2D eigenvalue weighted by atomic mass is 9.88. The Morgan fingerprint density at radius 2 is 1.78 bits per heavy atom. The number of likely N-dealkylation sites (tertiary alicyclic amines) is 1. The normalized spacial score (nSPS) is 26.3. The van der Waals surface area contributed by atoms with Crippen LogP contribution in [-0.2, 0) is 14.3 Å². The van der Waals surface area contributed by atoms with Crippen molar-refractivity contribution < 1.29 is 14.3 Å². The Labute approximate surface area is 140 Å². The fourth-order valence-electron chi connectivity index (χ4n) is 3.44. The third-order valence-electron chi connectivity index (χ3n) is 5.17. The van der Waals surface area contributed by atoms with E-state index in [9.17, 15) is 9.59 Å². The minimum atomic E-state index is 0.0144. The molecule has 1 saturated carbocycles. The summed E-state index contributed by atoms with van der Waals surface area (Å²) in [5.41, 5.74) is 0. The van der Waals surface area contributed by atoms with Crippen LogP contribution in [0.2, 0.25) is 0 Å². The molecule has 2 amide bonds. The van der Waals surface area contributed by atoms with Crippen molar-refractivity contribution in [3.8, 4) is 0 Å². The smallest absolute Gasteiger partial charge is 0.248 e. The molecule has 1 aliphatic heterocycles. The average molecular weight is 324 g/mol. The zero-order valence-electron chi connectivity index (χ0n) is 14.8. The highest BCUT2D eigenvalue weighted by atomic mass is 16.5. The summed E-state index contributed by atoms with van der Waals surface area (Å²) in [7, 11) is 0. The number of hydrogen-bond donors (Lipinski definition) is 1. The van der Waals surface area contributed by atoms with Gasteiger partial charge in [0, 0.05) is 25.0 Å². The SMILES string of the molecule is CC(C)C(=O)NC1CCN(C(=O)CO[C@@H]2CCCC[C@@H]2C)CC1. The minimum Gasteiger partial charge on any atom is -0.368 e. The second-order valence-corrected chi connectivity index (χ2v) is 7.43. The van der Waals surface area contributed by atoms with Crippen LogP contribution in [0, 0.1) is 11.8 Å². The van der Waals surface area contributed by atoms with Gasteiger partial charge in [0.1, 0.15) is 6.61 Å². The first-order chi connectivity index (χ1) is 11.0. The number of piperidine rings is 1. The van der Waals surface area contributed by atoms with Crippen molar-refractivity contribution in [2.75, 3.05) is 19.7 Å². The molecule has 0 radical (unpaired) electrons. The van der Waals surface area contributed by atoms with Crippen molar-refractivity contribution in [1.29, 1.82) is 0 Å². The van der Waals surface area contributed by atoms with Gasteiger partial charge in [-0.1, -0.05) is 33.6 Å². The Morgan fingerprint density at radius 1 is 1.13 bits per heavy atom. The summed E-state index contributed by atoms with van der Waals surface area (Å²) in [4.78, 5) is 25.9. The lowest BCUT2D eigenvalue weighted by Crippen LogP contribution is -2.48. The molecule has 0 aromatic rings. The third-order valence-corrected chi connectivity index (χ3v) is 5.17. The second-order valence-electron chi connectivity index (χ2n) is 7.43. The molecule has 1 aliphatic carbocycles. The summed E-state index contributed by atoms with van der Waals surface area (Å²) in [6.45, 7) is 7.65. The molecule has 2 aliphatic rings. The monoisotopic (exact) mass is 324 g/mol. The molecule has 1 saturated heterocycles. The topological polar surface area (TPSA) is 58.6 Å². The van der Waals surface area contributed by atoms with E-state index in [1.54, 1.807) is 0 Å². The van der Waals surface area contributed by atoms with Gasteiger partial charge in [-0.2, -0.15) is 0 Å². The highest BCUT2D eigenvalue weighted by Crippen LogP contribution is 2.26. The Bertz CT molecular complexity index is 403. The number of rotatable bonds is 5. The van der Waals surface area contributed by atoms with E-state index in [2.05, 4.69) is 12.2 Å². The van der Waals surface area contributed by atoms with Gasteiger partial charge in [0.05, 0.1) is 6.10 Å². The molecule has 1 N–H and O–H groups in total. The molecule has 5 nitrogen and oxygen atoms in total. The Morgan fingerprint density at radius 3 is 2.39 bits per heavy atom. The van der Waals surface area contributed by atoms with E-state index in [0.717, 1.165) is 19.3 Å². The van der Waals surface area contributed by atoms with Gasteiger partial charge in [0.15, 0.2) is 0 Å². The van der Waals surface area contributed by atoms with Gasteiger partial charge in [0.2, 0.25) is 11.8 Å². The van der Waals surface area contributed by atoms with Crippen LogP contribution in [0.5, 0.6) is 0 Å². The molecule has 2 atom stereocenters. The first-order valence-corrected chi connectivity index (χ1v) is 9.17. The van der Waals surface area contributed by atoms with Crippen LogP contribution < -0.4 is 5.32 Å². The summed E-state index contributed by atoms with van der Waals surface area (Å²) < 4.78 is 5.87. The zero-order chi connectivity index (χ0) is 16.8. The molecule has 2 rings (SSSR count). The Balaban J connectivity index is 1.68. The molecular weight excluding hydrogens is 292 g/mol. The molecule has 5 heteroatoms. The largest absolute Gasteiger partial charge is 0.368 e. The molecule has 1 heterocycles. The van der Waals surface area contributed by atoms with E-state index in [-0.39, 0.29) is 36.5 Å². The van der Waals surface area contributed by atoms with E-state index in [1.807, 2.05) is 18.7 Å². The summed E-state index contributed by atoms with van der Waals surface area (Å²) in [5, 5.41) is 3.06. The fourth-order valence-corrected chi connectivity index (χ4v) is 3.44. The predicted molar refractivity (Wildman–Crippen MR) is 90.0 cm³/mol. The van der Waals surface area contributed by atoms with Crippen LogP contribution in [0.25, 0.3) is 0 Å². The Kier molecular flexibility index (Phi) is 6.88. The molecule has 0 spiro atoms. The van der Waals surface area contributed by atoms with Crippen molar-refractivity contribution >= 4 is 11.8 Å². The van der Waals surface area contributed by atoms with E-state index < -0.39 is 0 Å². The van der Waals surface area contributed by atoms with Crippen LogP contribution in [0.15, 0.2) is 0 Å². The molecular formula is C18H32N2O3. The van der Waals surface area contributed by atoms with Crippen LogP contribution in [0.1, 0.15) is 59.3 Å². The fraction of sp³-hybridized carbons (Fsp3) is 0.889. The molecule has 23 heavy (non-hydrogen) atoms. The maximum Gasteiger partial charge on any atom is 0.248 e. The van der Waals surface area contributed by atoms with Crippen molar-refractivity contribution in [3.05, 3.63) is 0 Å². The standard InChI is InChI=1S/C18H32N2O3/c1-13(2)18(22)19-15-8-10-20(11-9-15)17(21)12-23-16-7-5-4-6-14(16)3/h13-16H,4-12H2,1-3H3,(H,19,22)/t14-,16+/m0/s1. The van der Waals surface area contributed by atoms with Crippen LogP contribution in [0.4, 0.5) is 0 Å². The number of amides is 2. The Hall–Kier alpha value is -1.10. The number of nitrogens with zero attached hydrogens (tertiary/aromatic N) is 1. The third kappa shape index (κ3) is 5.48. The number of carbonyl (C=O) groups excluding carboxylic acids is 2. The van der Waals surface area contributed by atoms with Crippen molar-refractivity contribution in [2.45, 2.75) is 71.4 Å². The van der Waals surface area contributed by atoms with Gasteiger partial charge < -0.3 is 15.0 Å². The first kappa shape index (κ1) is 18.2. The van der Waals surface area contributed by atoms with E-state index in [1.165, 1.54) is 19.3 Å². The van der Waals surface area contributed by atoms with E-state index in [0.29, 0.717) is 19.0 Å². The maximum absolute atomic E-state index is 12.3. The second kappa shape index (κ2) is 8.67. The lowest BCUT2D eigenvalue weighted by molar-refractivity contribution is -0.141. The van der Waals surface area contributed by atoms with Crippen molar-refractivity contribution in [2.24, 2.45) is 11.8 Å². The zero-order valence-corrected chi connectivity index (χ0v) is 14.8. The highest BCUT2D eigenvalue weighted by Gasteiger charge is 2.27. The highest BCUT2D eigenvalue weighted by molar-refractivity contribution is 5.79. The summed E-state index contributed by atoms with van der Waals surface area (Å²) in [5.74, 6) is 0.773. The van der Waals surface area contributed by atoms with Gasteiger partial charge in [-0.15, -0.1) is 0 Å². The van der Waals surface area contributed by atoms with Gasteiger partial charge in [-0.25, -0.2) is 0 Å². The first-order valence-electron chi connectivity index (χ1n) is 9.17. The number of carbonyl (C=O) groups is 2. The van der Waals surface area contributed by atoms with Gasteiger partial charge in [-0.3, -0.25) is 9.59 Å². The maximum atomic E-state index is 12.3. The summed E-state index contributed by atoms with van der Waals surface area (Å²) >= 11 is 0. The minimum absolute atomic E-state index is 0.0144. The number of hydrogen-bond acceptors (Lipinski definition) is 3. The summed E-state index contributed by atoms with van der Waals surface area (Å²) in [6, 6.07) is 0.202. The van der Waals surface area contributed by atoms with Crippen LogP contribution >= 0.6 is 0 Å². The van der Waals surface area contributed by atoms with Crippen LogP contribution in [0.3, 0.4) is 0 Å². The van der Waals surface area contributed by atoms with Gasteiger partial charge in [-0.05, 0) is 31.6 Å². The summed E-state index contributed by atoms with van der Waals surface area (Å²) in [6.07, 6.45) is 6.70. The molecule has 0 bridgehead atoms. The van der Waals surface area contributed by atoms with Gasteiger partial charge in [0.25, 0.3) is 0 Å². The quantitative estimate of drug-likeness (QED) is 0.844. The van der Waals surface area contributed by atoms with E-state index in [4.69, 9.17) is 4.74 Å². The number of nitrogens with one attached hydrogen (secondary N) is 1. The van der Waals surface area contributed by atoms with Gasteiger partial charge >= 0.3 is 0 Å². The van der Waals surface area contributed by atoms with E-state index >= 15 is 0 Å². The molecule has 132 valence electrons. The van der Waals surface area contributed by atoms with Crippen LogP contribution in [-0.4, -0.2) is 48.6 Å². The predicted octanol–water partition coefficient (Wildman–Crippen LogP) is 2.34. The molecule has 0 aromatic carbocycles. The van der Waals surface area contributed by atoms with Crippen molar-refractivity contribution in [3.63, 3.8) is 0 Å².